The van der Waals surface area contributed by atoms with Crippen LogP contribution in [0.5, 0.6) is 0 Å². The number of benzene rings is 3. The summed E-state index contributed by atoms with van der Waals surface area (Å²) in [6.45, 7) is 5.13. The number of halogens is 3. The van der Waals surface area contributed by atoms with Crippen molar-refractivity contribution >= 4 is 34.2 Å². The molecule has 1 unspecified atom stereocenters. The van der Waals surface area contributed by atoms with Gasteiger partial charge in [0.1, 0.15) is 5.82 Å². The van der Waals surface area contributed by atoms with Gasteiger partial charge in [-0.25, -0.2) is 9.18 Å². The van der Waals surface area contributed by atoms with Gasteiger partial charge in [-0.1, -0.05) is 53.5 Å². The second kappa shape index (κ2) is 10.5. The van der Waals surface area contributed by atoms with Crippen LogP contribution in [-0.4, -0.2) is 52.1 Å². The number of aromatic amines is 1. The highest BCUT2D eigenvalue weighted by atomic mass is 35.5. The number of nitrogens with zero attached hydrogens (tertiary/aromatic N) is 3. The SMILES string of the molecule is O=c1[nH]c2ccccc2n1CCCN1CCN(C(c2ccc(F)cc2)c2ccc(Cl)cc2Cl)CC1. The number of hydrogen-bond acceptors (Lipinski definition) is 3. The van der Waals surface area contributed by atoms with Gasteiger partial charge in [0.15, 0.2) is 0 Å². The van der Waals surface area contributed by atoms with Gasteiger partial charge in [0, 0.05) is 42.8 Å². The Kier molecular flexibility index (Phi) is 7.25. The van der Waals surface area contributed by atoms with Crippen LogP contribution < -0.4 is 5.69 Å². The highest BCUT2D eigenvalue weighted by Gasteiger charge is 2.28. The largest absolute Gasteiger partial charge is 0.326 e. The number of aromatic nitrogens is 2. The molecule has 1 fully saturated rings. The molecule has 8 heteroatoms. The molecular formula is C27H27Cl2FN4O. The Bertz CT molecular complexity index is 1360. The minimum atomic E-state index is -0.256. The van der Waals surface area contributed by atoms with Crippen LogP contribution in [0.25, 0.3) is 11.0 Å². The zero-order valence-electron chi connectivity index (χ0n) is 19.3. The highest BCUT2D eigenvalue weighted by molar-refractivity contribution is 6.35. The molecule has 5 nitrogen and oxygen atoms in total. The third-order valence-electron chi connectivity index (χ3n) is 6.75. The van der Waals surface area contributed by atoms with Gasteiger partial charge in [-0.2, -0.15) is 0 Å². The highest BCUT2D eigenvalue weighted by Crippen LogP contribution is 2.35. The van der Waals surface area contributed by atoms with Crippen LogP contribution in [0, 0.1) is 5.82 Å². The summed E-state index contributed by atoms with van der Waals surface area (Å²) in [6.07, 6.45) is 0.895. The minimum absolute atomic E-state index is 0.0574. The lowest BCUT2D eigenvalue weighted by molar-refractivity contribution is 0.108. The molecule has 0 bridgehead atoms. The monoisotopic (exact) mass is 512 g/mol. The Labute approximate surface area is 213 Å². The quantitative estimate of drug-likeness (QED) is 0.351. The molecule has 5 rings (SSSR count). The van der Waals surface area contributed by atoms with Gasteiger partial charge in [-0.15, -0.1) is 0 Å². The van der Waals surface area contributed by atoms with Gasteiger partial charge in [-0.3, -0.25) is 9.47 Å². The van der Waals surface area contributed by atoms with Gasteiger partial charge in [0.2, 0.25) is 0 Å². The fourth-order valence-corrected chi connectivity index (χ4v) is 5.49. The lowest BCUT2D eigenvalue weighted by atomic mass is 9.96. The first-order valence-electron chi connectivity index (χ1n) is 11.8. The first-order valence-corrected chi connectivity index (χ1v) is 12.6. The zero-order valence-corrected chi connectivity index (χ0v) is 20.8. The number of para-hydroxylation sites is 2. The maximum Gasteiger partial charge on any atom is 0.326 e. The Balaban J connectivity index is 1.25. The summed E-state index contributed by atoms with van der Waals surface area (Å²) < 4.78 is 15.4. The van der Waals surface area contributed by atoms with E-state index in [2.05, 4.69) is 14.8 Å². The molecule has 1 saturated heterocycles. The molecule has 4 aromatic rings. The third kappa shape index (κ3) is 5.31. The van der Waals surface area contributed by atoms with E-state index in [1.54, 1.807) is 6.07 Å². The van der Waals surface area contributed by atoms with Gasteiger partial charge in [0.25, 0.3) is 0 Å². The van der Waals surface area contributed by atoms with Crippen molar-refractivity contribution in [3.8, 4) is 0 Å². The van der Waals surface area contributed by atoms with E-state index in [9.17, 15) is 9.18 Å². The summed E-state index contributed by atoms with van der Waals surface area (Å²) >= 11 is 12.7. The van der Waals surface area contributed by atoms with Crippen molar-refractivity contribution in [3.05, 3.63) is 104 Å². The summed E-state index contributed by atoms with van der Waals surface area (Å²) in [5, 5.41) is 1.20. The first kappa shape index (κ1) is 24.1. The normalized spacial score (nSPS) is 16.1. The van der Waals surface area contributed by atoms with E-state index < -0.39 is 0 Å². The molecule has 1 N–H and O–H groups in total. The van der Waals surface area contributed by atoms with Crippen LogP contribution in [0.2, 0.25) is 10.0 Å². The molecule has 1 aliphatic rings. The third-order valence-corrected chi connectivity index (χ3v) is 7.31. The molecule has 1 aliphatic heterocycles. The number of nitrogens with one attached hydrogen (secondary N) is 1. The van der Waals surface area contributed by atoms with E-state index in [1.165, 1.54) is 12.1 Å². The molecule has 1 atom stereocenters. The fraction of sp³-hybridized carbons (Fsp3) is 0.296. The number of aryl methyl sites for hydroxylation is 1. The Morgan fingerprint density at radius 1 is 0.914 bits per heavy atom. The maximum absolute atomic E-state index is 13.6. The van der Waals surface area contributed by atoms with Crippen LogP contribution in [0.15, 0.2) is 71.5 Å². The molecule has 0 spiro atoms. The first-order chi connectivity index (χ1) is 17.0. The van der Waals surface area contributed by atoms with Crippen molar-refractivity contribution in [1.29, 1.82) is 0 Å². The second-order valence-electron chi connectivity index (χ2n) is 8.95. The van der Waals surface area contributed by atoms with Crippen molar-refractivity contribution in [3.63, 3.8) is 0 Å². The van der Waals surface area contributed by atoms with Gasteiger partial charge >= 0.3 is 5.69 Å². The van der Waals surface area contributed by atoms with Crippen molar-refractivity contribution in [2.75, 3.05) is 32.7 Å². The molecular weight excluding hydrogens is 486 g/mol. The fourth-order valence-electron chi connectivity index (χ4n) is 4.98. The number of fused-ring (bicyclic) bond motifs is 1. The Hall–Kier alpha value is -2.64. The summed E-state index contributed by atoms with van der Waals surface area (Å²) in [5.41, 5.74) is 3.73. The standard InChI is InChI=1S/C27H27Cl2FN4O/c28-20-8-11-22(23(29)18-20)26(19-6-9-21(30)10-7-19)33-16-14-32(15-17-33)12-3-13-34-25-5-2-1-4-24(25)31-27(34)35/h1-2,4-11,18,26H,3,12-17H2,(H,31,35). The molecule has 0 amide bonds. The number of rotatable bonds is 7. The number of hydrogen-bond donors (Lipinski definition) is 1. The van der Waals surface area contributed by atoms with E-state index in [0.717, 1.165) is 61.3 Å². The molecule has 0 radical (unpaired) electrons. The number of piperazine rings is 1. The summed E-state index contributed by atoms with van der Waals surface area (Å²) in [6, 6.07) is 19.9. The molecule has 3 aromatic carbocycles. The molecule has 2 heterocycles. The van der Waals surface area contributed by atoms with Crippen LogP contribution in [-0.2, 0) is 6.54 Å². The molecule has 35 heavy (non-hydrogen) atoms. The average molecular weight is 513 g/mol. The lowest BCUT2D eigenvalue weighted by Gasteiger charge is -2.40. The topological polar surface area (TPSA) is 44.3 Å². The van der Waals surface area contributed by atoms with E-state index in [1.807, 2.05) is 53.1 Å². The van der Waals surface area contributed by atoms with Gasteiger partial charge in [-0.05, 0) is 60.5 Å². The van der Waals surface area contributed by atoms with Crippen LogP contribution in [0.3, 0.4) is 0 Å². The smallest absolute Gasteiger partial charge is 0.306 e. The summed E-state index contributed by atoms with van der Waals surface area (Å²) in [4.78, 5) is 20.1. The Morgan fingerprint density at radius 2 is 1.66 bits per heavy atom. The molecule has 0 saturated carbocycles. The predicted molar refractivity (Wildman–Crippen MR) is 140 cm³/mol. The zero-order chi connectivity index (χ0) is 24.4. The van der Waals surface area contributed by atoms with E-state index in [-0.39, 0.29) is 17.5 Å². The van der Waals surface area contributed by atoms with Gasteiger partial charge < -0.3 is 9.88 Å². The van der Waals surface area contributed by atoms with E-state index in [4.69, 9.17) is 23.2 Å². The van der Waals surface area contributed by atoms with Crippen LogP contribution in [0.4, 0.5) is 4.39 Å². The predicted octanol–water partition coefficient (Wildman–Crippen LogP) is 5.57. The number of imidazole rings is 1. The molecule has 0 aliphatic carbocycles. The maximum atomic E-state index is 13.6. The molecule has 182 valence electrons. The Morgan fingerprint density at radius 3 is 2.40 bits per heavy atom. The molecule has 1 aromatic heterocycles. The number of H-pyrrole nitrogens is 1. The summed E-state index contributed by atoms with van der Waals surface area (Å²) in [5.74, 6) is -0.256. The lowest BCUT2D eigenvalue weighted by Crippen LogP contribution is -2.48. The van der Waals surface area contributed by atoms with Crippen LogP contribution >= 0.6 is 23.2 Å². The van der Waals surface area contributed by atoms with Crippen molar-refractivity contribution in [1.82, 2.24) is 19.4 Å². The van der Waals surface area contributed by atoms with Crippen LogP contribution in [0.1, 0.15) is 23.6 Å². The minimum Gasteiger partial charge on any atom is -0.306 e. The van der Waals surface area contributed by atoms with Gasteiger partial charge in [0.05, 0.1) is 17.1 Å². The van der Waals surface area contributed by atoms with Crippen molar-refractivity contribution in [2.45, 2.75) is 19.0 Å². The second-order valence-corrected chi connectivity index (χ2v) is 9.79. The van der Waals surface area contributed by atoms with Crippen molar-refractivity contribution < 1.29 is 4.39 Å². The van der Waals surface area contributed by atoms with E-state index in [0.29, 0.717) is 16.6 Å². The summed E-state index contributed by atoms with van der Waals surface area (Å²) in [7, 11) is 0. The van der Waals surface area contributed by atoms with Crippen molar-refractivity contribution in [2.24, 2.45) is 0 Å². The van der Waals surface area contributed by atoms with E-state index >= 15 is 0 Å². The average Bonchev–Trinajstić information content (AvgIpc) is 3.17.